The SMILES string of the molecule is COc1ccc2cc(/C=C/C(=O)OC(C)c3nnc(-c4ccccc4)o3)ccc2c1. The lowest BCUT2D eigenvalue weighted by Crippen LogP contribution is -2.06. The molecule has 1 atom stereocenters. The molecule has 0 bridgehead atoms. The van der Waals surface area contributed by atoms with Gasteiger partial charge in [-0.05, 0) is 59.7 Å². The highest BCUT2D eigenvalue weighted by molar-refractivity contribution is 5.90. The molecule has 0 saturated carbocycles. The molecule has 0 aliphatic heterocycles. The second-order valence-electron chi connectivity index (χ2n) is 6.70. The molecule has 0 aliphatic rings. The first-order valence-corrected chi connectivity index (χ1v) is 9.48. The van der Waals surface area contributed by atoms with Gasteiger partial charge >= 0.3 is 5.97 Å². The molecule has 4 aromatic rings. The van der Waals surface area contributed by atoms with Crippen molar-refractivity contribution in [3.8, 4) is 17.2 Å². The minimum absolute atomic E-state index is 0.246. The summed E-state index contributed by atoms with van der Waals surface area (Å²) in [5.41, 5.74) is 1.70. The van der Waals surface area contributed by atoms with Crippen LogP contribution in [0, 0.1) is 0 Å². The number of benzene rings is 3. The Morgan fingerprint density at radius 2 is 1.77 bits per heavy atom. The van der Waals surface area contributed by atoms with E-state index in [2.05, 4.69) is 10.2 Å². The van der Waals surface area contributed by atoms with Gasteiger partial charge in [0.25, 0.3) is 5.89 Å². The zero-order chi connectivity index (χ0) is 20.9. The minimum atomic E-state index is -0.656. The molecule has 6 nitrogen and oxygen atoms in total. The number of ether oxygens (including phenoxy) is 2. The van der Waals surface area contributed by atoms with E-state index >= 15 is 0 Å². The second kappa shape index (κ2) is 8.61. The molecule has 6 heteroatoms. The summed E-state index contributed by atoms with van der Waals surface area (Å²) in [6.45, 7) is 1.69. The number of esters is 1. The van der Waals surface area contributed by atoms with Gasteiger partial charge in [0.05, 0.1) is 7.11 Å². The van der Waals surface area contributed by atoms with Crippen molar-refractivity contribution in [3.05, 3.63) is 84.3 Å². The van der Waals surface area contributed by atoms with E-state index in [0.717, 1.165) is 27.6 Å². The van der Waals surface area contributed by atoms with Crippen LogP contribution in [-0.4, -0.2) is 23.3 Å². The molecular formula is C24H20N2O4. The van der Waals surface area contributed by atoms with Crippen LogP contribution < -0.4 is 4.74 Å². The molecule has 0 saturated heterocycles. The maximum absolute atomic E-state index is 12.2. The first-order chi connectivity index (χ1) is 14.6. The maximum Gasteiger partial charge on any atom is 0.331 e. The van der Waals surface area contributed by atoms with Crippen molar-refractivity contribution >= 4 is 22.8 Å². The van der Waals surface area contributed by atoms with Crippen LogP contribution in [0.1, 0.15) is 24.5 Å². The van der Waals surface area contributed by atoms with Crippen LogP contribution in [0.2, 0.25) is 0 Å². The van der Waals surface area contributed by atoms with Gasteiger partial charge in [-0.15, -0.1) is 10.2 Å². The number of fused-ring (bicyclic) bond motifs is 1. The second-order valence-corrected chi connectivity index (χ2v) is 6.70. The summed E-state index contributed by atoms with van der Waals surface area (Å²) in [6.07, 6.45) is 2.44. The van der Waals surface area contributed by atoms with Crippen molar-refractivity contribution in [1.82, 2.24) is 10.2 Å². The number of rotatable bonds is 6. The van der Waals surface area contributed by atoms with E-state index in [4.69, 9.17) is 13.9 Å². The zero-order valence-corrected chi connectivity index (χ0v) is 16.6. The Hall–Kier alpha value is -3.93. The van der Waals surface area contributed by atoms with Gasteiger partial charge in [-0.25, -0.2) is 4.79 Å². The highest BCUT2D eigenvalue weighted by Gasteiger charge is 2.18. The summed E-state index contributed by atoms with van der Waals surface area (Å²) in [6, 6.07) is 21.2. The highest BCUT2D eigenvalue weighted by atomic mass is 16.6. The molecule has 1 heterocycles. The molecule has 30 heavy (non-hydrogen) atoms. The quantitative estimate of drug-likeness (QED) is 0.326. The lowest BCUT2D eigenvalue weighted by molar-refractivity contribution is -0.143. The number of carbonyl (C=O) groups is 1. The molecule has 0 fully saturated rings. The molecule has 0 aliphatic carbocycles. The van der Waals surface area contributed by atoms with Gasteiger partial charge in [0.1, 0.15) is 5.75 Å². The van der Waals surface area contributed by atoms with E-state index in [1.165, 1.54) is 6.08 Å². The fourth-order valence-electron chi connectivity index (χ4n) is 3.00. The van der Waals surface area contributed by atoms with E-state index in [1.54, 1.807) is 20.1 Å². The van der Waals surface area contributed by atoms with Crippen molar-refractivity contribution in [1.29, 1.82) is 0 Å². The van der Waals surface area contributed by atoms with Crippen molar-refractivity contribution in [2.45, 2.75) is 13.0 Å². The summed E-state index contributed by atoms with van der Waals surface area (Å²) in [5.74, 6) is 0.948. The lowest BCUT2D eigenvalue weighted by atomic mass is 10.1. The predicted octanol–water partition coefficient (Wildman–Crippen LogP) is 5.22. The molecule has 0 spiro atoms. The average Bonchev–Trinajstić information content (AvgIpc) is 3.28. The number of hydrogen-bond donors (Lipinski definition) is 0. The van der Waals surface area contributed by atoms with Crippen molar-refractivity contribution in [3.63, 3.8) is 0 Å². The molecule has 150 valence electrons. The van der Waals surface area contributed by atoms with Crippen molar-refractivity contribution in [2.24, 2.45) is 0 Å². The summed E-state index contributed by atoms with van der Waals surface area (Å²) >= 11 is 0. The Balaban J connectivity index is 1.41. The third kappa shape index (κ3) is 4.38. The summed E-state index contributed by atoms with van der Waals surface area (Å²) in [5, 5.41) is 10.1. The van der Waals surface area contributed by atoms with Gasteiger partial charge < -0.3 is 13.9 Å². The molecule has 3 aromatic carbocycles. The van der Waals surface area contributed by atoms with Gasteiger partial charge in [0.2, 0.25) is 5.89 Å². The van der Waals surface area contributed by atoms with Crippen molar-refractivity contribution < 1.29 is 18.7 Å². The largest absolute Gasteiger partial charge is 0.497 e. The van der Waals surface area contributed by atoms with Crippen LogP contribution in [0.4, 0.5) is 0 Å². The Bertz CT molecular complexity index is 1200. The normalized spacial score (nSPS) is 12.2. The number of hydrogen-bond acceptors (Lipinski definition) is 6. The van der Waals surface area contributed by atoms with E-state index in [0.29, 0.717) is 5.89 Å². The number of methoxy groups -OCH3 is 1. The Morgan fingerprint density at radius 3 is 2.57 bits per heavy atom. The van der Waals surface area contributed by atoms with Crippen molar-refractivity contribution in [2.75, 3.05) is 7.11 Å². The fraction of sp³-hybridized carbons (Fsp3) is 0.125. The molecule has 0 radical (unpaired) electrons. The van der Waals surface area contributed by atoms with Crippen LogP contribution in [0.3, 0.4) is 0 Å². The topological polar surface area (TPSA) is 74.5 Å². The first kappa shape index (κ1) is 19.4. The smallest absolute Gasteiger partial charge is 0.331 e. The van der Waals surface area contributed by atoms with Crippen LogP contribution in [-0.2, 0) is 9.53 Å². The Kier molecular flexibility index (Phi) is 5.57. The van der Waals surface area contributed by atoms with E-state index in [-0.39, 0.29) is 5.89 Å². The lowest BCUT2D eigenvalue weighted by Gasteiger charge is -2.07. The molecule has 0 N–H and O–H groups in total. The monoisotopic (exact) mass is 400 g/mol. The van der Waals surface area contributed by atoms with Gasteiger partial charge in [0, 0.05) is 11.6 Å². The third-order valence-corrected chi connectivity index (χ3v) is 4.59. The third-order valence-electron chi connectivity index (χ3n) is 4.59. The summed E-state index contributed by atoms with van der Waals surface area (Å²) in [4.78, 5) is 12.2. The fourth-order valence-corrected chi connectivity index (χ4v) is 3.00. The molecule has 1 aromatic heterocycles. The van der Waals surface area contributed by atoms with Gasteiger partial charge in [-0.1, -0.05) is 36.4 Å². The first-order valence-electron chi connectivity index (χ1n) is 9.48. The van der Waals surface area contributed by atoms with Crippen LogP contribution in [0.15, 0.2) is 77.2 Å². The predicted molar refractivity (Wildman–Crippen MR) is 114 cm³/mol. The maximum atomic E-state index is 12.2. The average molecular weight is 400 g/mol. The molecular weight excluding hydrogens is 380 g/mol. The van der Waals surface area contributed by atoms with Crippen LogP contribution >= 0.6 is 0 Å². The molecule has 1 unspecified atom stereocenters. The zero-order valence-electron chi connectivity index (χ0n) is 16.6. The van der Waals surface area contributed by atoms with E-state index < -0.39 is 12.1 Å². The Morgan fingerprint density at radius 1 is 1.00 bits per heavy atom. The van der Waals surface area contributed by atoms with Crippen LogP contribution in [0.25, 0.3) is 28.3 Å². The minimum Gasteiger partial charge on any atom is -0.497 e. The highest BCUT2D eigenvalue weighted by Crippen LogP contribution is 2.24. The number of carbonyl (C=O) groups excluding carboxylic acids is 1. The Labute approximate surface area is 173 Å². The van der Waals surface area contributed by atoms with Crippen LogP contribution in [0.5, 0.6) is 5.75 Å². The standard InChI is InChI=1S/C24H20N2O4/c1-16(23-25-26-24(30-23)18-6-4-3-5-7-18)29-22(27)13-9-17-8-10-20-15-21(28-2)12-11-19(20)14-17/h3-16H,1-2H3/b13-9+. The summed E-state index contributed by atoms with van der Waals surface area (Å²) in [7, 11) is 1.64. The van der Waals surface area contributed by atoms with E-state index in [9.17, 15) is 4.79 Å². The number of aromatic nitrogens is 2. The number of nitrogens with zero attached hydrogens (tertiary/aromatic N) is 2. The van der Waals surface area contributed by atoms with E-state index in [1.807, 2.05) is 66.7 Å². The molecule has 0 amide bonds. The van der Waals surface area contributed by atoms with Gasteiger partial charge in [-0.3, -0.25) is 0 Å². The molecule has 4 rings (SSSR count). The summed E-state index contributed by atoms with van der Waals surface area (Å²) < 4.78 is 16.3. The van der Waals surface area contributed by atoms with Gasteiger partial charge in [-0.2, -0.15) is 0 Å². The van der Waals surface area contributed by atoms with Gasteiger partial charge in [0.15, 0.2) is 6.10 Å².